The molecule has 0 radical (unpaired) electrons. The number of hydrogen-bond acceptors (Lipinski definition) is 4. The number of anilines is 1. The molecule has 0 unspecified atom stereocenters. The average Bonchev–Trinajstić information content (AvgIpc) is 3.13. The van der Waals surface area contributed by atoms with Crippen molar-refractivity contribution in [3.8, 4) is 0 Å². The second kappa shape index (κ2) is 8.32. The van der Waals surface area contributed by atoms with Crippen LogP contribution in [0.1, 0.15) is 16.7 Å². The first-order valence-electron chi connectivity index (χ1n) is 9.49. The summed E-state index contributed by atoms with van der Waals surface area (Å²) < 4.78 is 19.6. The number of nitrogens with one attached hydrogen (secondary N) is 2. The number of aromatic nitrogens is 2. The molecule has 9 heteroatoms. The molecule has 2 heterocycles. The van der Waals surface area contributed by atoms with Crippen LogP contribution in [-0.4, -0.2) is 28.5 Å². The van der Waals surface area contributed by atoms with E-state index >= 15 is 0 Å². The van der Waals surface area contributed by atoms with E-state index in [0.717, 1.165) is 11.1 Å². The Morgan fingerprint density at radius 2 is 2.03 bits per heavy atom. The second-order valence-electron chi connectivity index (χ2n) is 7.13. The van der Waals surface area contributed by atoms with Gasteiger partial charge in [-0.25, -0.2) is 9.18 Å². The van der Waals surface area contributed by atoms with Crippen LogP contribution in [-0.2, 0) is 35.5 Å². The smallest absolute Gasteiger partial charge is 0.332 e. The quantitative estimate of drug-likeness (QED) is 0.616. The average molecular weight is 411 g/mol. The Bertz CT molecular complexity index is 1150. The zero-order chi connectivity index (χ0) is 21.1. The van der Waals surface area contributed by atoms with E-state index in [1.807, 2.05) is 18.2 Å². The highest BCUT2D eigenvalue weighted by Gasteiger charge is 2.24. The summed E-state index contributed by atoms with van der Waals surface area (Å²) in [6, 6.07) is 11.7. The van der Waals surface area contributed by atoms with Crippen LogP contribution >= 0.6 is 0 Å². The Morgan fingerprint density at radius 1 is 1.20 bits per heavy atom. The molecule has 4 rings (SSSR count). The maximum atomic E-state index is 13.7. The monoisotopic (exact) mass is 411 g/mol. The third kappa shape index (κ3) is 4.45. The number of rotatable bonds is 5. The molecule has 154 valence electrons. The van der Waals surface area contributed by atoms with Crippen LogP contribution < -0.4 is 15.6 Å². The lowest BCUT2D eigenvalue weighted by Crippen LogP contribution is -2.47. The minimum atomic E-state index is -0.553. The highest BCUT2D eigenvalue weighted by atomic mass is 19.1. The zero-order valence-corrected chi connectivity index (χ0v) is 16.1. The van der Waals surface area contributed by atoms with E-state index in [1.54, 1.807) is 23.1 Å². The van der Waals surface area contributed by atoms with Crippen LogP contribution in [0.25, 0.3) is 0 Å². The molecule has 0 bridgehead atoms. The highest BCUT2D eigenvalue weighted by molar-refractivity contribution is 5.92. The molecule has 3 aromatic rings. The molecule has 2 aromatic carbocycles. The van der Waals surface area contributed by atoms with E-state index in [0.29, 0.717) is 30.8 Å². The molecule has 1 aliphatic heterocycles. The summed E-state index contributed by atoms with van der Waals surface area (Å²) in [5, 5.41) is 5.15. The van der Waals surface area contributed by atoms with Gasteiger partial charge in [0.15, 0.2) is 0 Å². The van der Waals surface area contributed by atoms with Gasteiger partial charge in [0.2, 0.25) is 5.91 Å². The number of amides is 2. The van der Waals surface area contributed by atoms with Gasteiger partial charge in [0, 0.05) is 18.8 Å². The lowest BCUT2D eigenvalue weighted by atomic mass is 9.99. The molecule has 0 saturated heterocycles. The van der Waals surface area contributed by atoms with E-state index in [4.69, 9.17) is 0 Å². The van der Waals surface area contributed by atoms with E-state index in [1.165, 1.54) is 16.9 Å². The van der Waals surface area contributed by atoms with Crippen LogP contribution in [0.5, 0.6) is 0 Å². The van der Waals surface area contributed by atoms with Gasteiger partial charge in [0.05, 0.1) is 6.42 Å². The molecule has 0 atom stereocenters. The van der Waals surface area contributed by atoms with Crippen molar-refractivity contribution < 1.29 is 23.2 Å². The predicted octanol–water partition coefficient (Wildman–Crippen LogP) is 1.16. The van der Waals surface area contributed by atoms with Crippen molar-refractivity contribution in [2.75, 3.05) is 11.9 Å². The lowest BCUT2D eigenvalue weighted by Gasteiger charge is -2.28. The molecule has 0 aliphatic carbocycles. The fourth-order valence-corrected chi connectivity index (χ4v) is 3.47. The number of carbonyl (C=O) groups excluding carboxylic acids is 2. The molecule has 30 heavy (non-hydrogen) atoms. The molecule has 8 nitrogen and oxygen atoms in total. The van der Waals surface area contributed by atoms with Crippen LogP contribution in [0.3, 0.4) is 0 Å². The van der Waals surface area contributed by atoms with Crippen LogP contribution in [0.2, 0.25) is 0 Å². The van der Waals surface area contributed by atoms with Crippen molar-refractivity contribution in [3.05, 3.63) is 81.6 Å². The summed E-state index contributed by atoms with van der Waals surface area (Å²) in [6.45, 7) is 0.932. The third-order valence-electron chi connectivity index (χ3n) is 4.99. The summed E-state index contributed by atoms with van der Waals surface area (Å²) in [5.41, 5.74) is 2.42. The standard InChI is InChI=1S/C21H19FN4O4/c22-18-4-2-1-3-15(18)10-19(27)23-17-6-5-14-7-8-25(11-16(14)9-17)20(28)12-26-13-21(29)30-24-26/h1-6,9,13H,7-8,10-12H2,(H-,23,24,27,29)/p+1. The van der Waals surface area contributed by atoms with Gasteiger partial charge in [-0.2, -0.15) is 0 Å². The first-order valence-corrected chi connectivity index (χ1v) is 9.49. The van der Waals surface area contributed by atoms with Gasteiger partial charge in [-0.15, -0.1) is 0 Å². The molecule has 2 amide bonds. The number of aromatic amines is 1. The topological polar surface area (TPSA) is 99.3 Å². The Morgan fingerprint density at radius 3 is 2.80 bits per heavy atom. The van der Waals surface area contributed by atoms with Gasteiger partial charge in [-0.3, -0.25) is 14.1 Å². The molecule has 1 aliphatic rings. The molecule has 2 N–H and O–H groups in total. The number of hydrogen-bond donors (Lipinski definition) is 2. The van der Waals surface area contributed by atoms with Gasteiger partial charge in [0.1, 0.15) is 5.82 Å². The predicted molar refractivity (Wildman–Crippen MR) is 104 cm³/mol. The fourth-order valence-electron chi connectivity index (χ4n) is 3.47. The maximum absolute atomic E-state index is 13.7. The summed E-state index contributed by atoms with van der Waals surface area (Å²) in [4.78, 5) is 37.6. The van der Waals surface area contributed by atoms with Gasteiger partial charge in [-0.1, -0.05) is 28.9 Å². The summed E-state index contributed by atoms with van der Waals surface area (Å²) in [5.74, 6) is -0.884. The normalized spacial score (nSPS) is 13.0. The van der Waals surface area contributed by atoms with Crippen molar-refractivity contribution >= 4 is 17.5 Å². The molecule has 1 aromatic heterocycles. The minimum Gasteiger partial charge on any atom is -0.332 e. The number of nitrogens with zero attached hydrogens (tertiary/aromatic N) is 2. The van der Waals surface area contributed by atoms with Gasteiger partial charge in [0.25, 0.3) is 18.6 Å². The largest absolute Gasteiger partial charge is 0.426 e. The van der Waals surface area contributed by atoms with Crippen molar-refractivity contribution in [2.45, 2.75) is 25.9 Å². The van der Waals surface area contributed by atoms with Crippen molar-refractivity contribution in [1.29, 1.82) is 0 Å². The lowest BCUT2D eigenvalue weighted by molar-refractivity contribution is -0.751. The molecule has 0 saturated carbocycles. The molecular weight excluding hydrogens is 391 g/mol. The minimum absolute atomic E-state index is 0.0276. The van der Waals surface area contributed by atoms with Crippen LogP contribution in [0.15, 0.2) is 58.0 Å². The summed E-state index contributed by atoms with van der Waals surface area (Å²) in [6.07, 6.45) is 1.81. The number of carbonyl (C=O) groups is 2. The van der Waals surface area contributed by atoms with E-state index < -0.39 is 11.4 Å². The van der Waals surface area contributed by atoms with Crippen molar-refractivity contribution in [1.82, 2.24) is 10.2 Å². The highest BCUT2D eigenvalue weighted by Crippen LogP contribution is 2.23. The van der Waals surface area contributed by atoms with Crippen LogP contribution in [0, 0.1) is 5.82 Å². The Labute approximate surface area is 170 Å². The Hall–Kier alpha value is -3.75. The van der Waals surface area contributed by atoms with E-state index in [9.17, 15) is 18.8 Å². The SMILES string of the molecule is O=C(Cc1ccccc1F)Nc1ccc2c(c1)CN(C(=O)C[n+]1cc(=O)o[nH]1)CC2. The Balaban J connectivity index is 1.41. The number of H-pyrrole nitrogens is 1. The number of halogens is 1. The van der Waals surface area contributed by atoms with Crippen molar-refractivity contribution in [2.24, 2.45) is 0 Å². The Kier molecular flexibility index (Phi) is 5.42. The van der Waals surface area contributed by atoms with E-state index in [-0.39, 0.29) is 24.8 Å². The summed E-state index contributed by atoms with van der Waals surface area (Å²) >= 11 is 0. The third-order valence-corrected chi connectivity index (χ3v) is 4.99. The number of benzene rings is 2. The van der Waals surface area contributed by atoms with Gasteiger partial charge in [-0.05, 0) is 46.6 Å². The van der Waals surface area contributed by atoms with Crippen molar-refractivity contribution in [3.63, 3.8) is 0 Å². The first-order chi connectivity index (χ1) is 14.5. The van der Waals surface area contributed by atoms with Crippen LogP contribution in [0.4, 0.5) is 10.1 Å². The fraction of sp³-hybridized carbons (Fsp3) is 0.238. The van der Waals surface area contributed by atoms with Gasteiger partial charge >= 0.3 is 5.63 Å². The van der Waals surface area contributed by atoms with E-state index in [2.05, 4.69) is 15.1 Å². The summed E-state index contributed by atoms with van der Waals surface area (Å²) in [7, 11) is 0. The second-order valence-corrected chi connectivity index (χ2v) is 7.13. The molecular formula is C21H20FN4O4+. The van der Waals surface area contributed by atoms with Gasteiger partial charge < -0.3 is 10.2 Å². The molecule has 0 spiro atoms. The maximum Gasteiger partial charge on any atom is 0.426 e. The number of fused-ring (bicyclic) bond motifs is 1. The first kappa shape index (κ1) is 19.6. The molecule has 0 fully saturated rings. The zero-order valence-electron chi connectivity index (χ0n) is 16.1.